The summed E-state index contributed by atoms with van der Waals surface area (Å²) in [5.74, 6) is 0.784. The van der Waals surface area contributed by atoms with Crippen molar-refractivity contribution in [3.63, 3.8) is 0 Å². The second-order valence-corrected chi connectivity index (χ2v) is 4.88. The average molecular weight is 251 g/mol. The predicted octanol–water partition coefficient (Wildman–Crippen LogP) is 2.85. The lowest BCUT2D eigenvalue weighted by atomic mass is 9.81. The van der Waals surface area contributed by atoms with Gasteiger partial charge in [-0.2, -0.15) is 0 Å². The van der Waals surface area contributed by atoms with Gasteiger partial charge in [0, 0.05) is 5.54 Å². The maximum absolute atomic E-state index is 10.7. The van der Waals surface area contributed by atoms with Crippen molar-refractivity contribution >= 4 is 0 Å². The Morgan fingerprint density at radius 1 is 1.28 bits per heavy atom. The van der Waals surface area contributed by atoms with Gasteiger partial charge in [0.25, 0.3) is 0 Å². The van der Waals surface area contributed by atoms with E-state index in [1.54, 1.807) is 7.11 Å². The van der Waals surface area contributed by atoms with E-state index >= 15 is 0 Å². The molecule has 1 unspecified atom stereocenters. The molecule has 0 aliphatic heterocycles. The number of aliphatic hydroxyl groups is 1. The van der Waals surface area contributed by atoms with Gasteiger partial charge in [-0.05, 0) is 44.6 Å². The minimum atomic E-state index is -0.516. The fourth-order valence-corrected chi connectivity index (χ4v) is 2.64. The van der Waals surface area contributed by atoms with Gasteiger partial charge in [-0.3, -0.25) is 0 Å². The van der Waals surface area contributed by atoms with E-state index in [1.165, 1.54) is 0 Å². The monoisotopic (exact) mass is 251 g/mol. The summed E-state index contributed by atoms with van der Waals surface area (Å²) in [5, 5.41) is 10.7. The minimum absolute atomic E-state index is 0.230. The van der Waals surface area contributed by atoms with Gasteiger partial charge in [0.1, 0.15) is 5.75 Å². The van der Waals surface area contributed by atoms with E-state index in [1.807, 2.05) is 38.4 Å². The first kappa shape index (κ1) is 15.0. The van der Waals surface area contributed by atoms with Crippen LogP contribution in [-0.4, -0.2) is 36.8 Å². The van der Waals surface area contributed by atoms with Crippen molar-refractivity contribution in [2.75, 3.05) is 21.2 Å². The van der Waals surface area contributed by atoms with E-state index in [4.69, 9.17) is 4.74 Å². The molecule has 0 radical (unpaired) electrons. The lowest BCUT2D eigenvalue weighted by Gasteiger charge is -2.42. The summed E-state index contributed by atoms with van der Waals surface area (Å²) in [4.78, 5) is 2.12. The molecule has 1 atom stereocenters. The van der Waals surface area contributed by atoms with Gasteiger partial charge >= 0.3 is 0 Å². The molecule has 0 saturated heterocycles. The fourth-order valence-electron chi connectivity index (χ4n) is 2.64. The summed E-state index contributed by atoms with van der Waals surface area (Å²) in [6.45, 7) is 4.24. The van der Waals surface area contributed by atoms with E-state index in [0.29, 0.717) is 0 Å². The van der Waals surface area contributed by atoms with Crippen LogP contribution >= 0.6 is 0 Å². The van der Waals surface area contributed by atoms with Crippen LogP contribution in [0.15, 0.2) is 24.3 Å². The third kappa shape index (κ3) is 2.68. The normalized spacial score (nSPS) is 13.7. The lowest BCUT2D eigenvalue weighted by molar-refractivity contribution is -0.0150. The maximum Gasteiger partial charge on any atom is 0.119 e. The number of nitrogens with zero attached hydrogens (tertiary/aromatic N) is 1. The van der Waals surface area contributed by atoms with Gasteiger partial charge in [-0.25, -0.2) is 0 Å². The number of rotatable bonds is 6. The number of methoxy groups -OCH3 is 1. The maximum atomic E-state index is 10.7. The molecule has 18 heavy (non-hydrogen) atoms. The van der Waals surface area contributed by atoms with E-state index in [9.17, 15) is 5.11 Å². The van der Waals surface area contributed by atoms with Crippen molar-refractivity contribution in [2.24, 2.45) is 0 Å². The number of ether oxygens (including phenoxy) is 1. The van der Waals surface area contributed by atoms with E-state index in [-0.39, 0.29) is 5.54 Å². The summed E-state index contributed by atoms with van der Waals surface area (Å²) < 4.78 is 5.22. The van der Waals surface area contributed by atoms with Crippen LogP contribution in [0.25, 0.3) is 0 Å². The van der Waals surface area contributed by atoms with E-state index in [2.05, 4.69) is 18.7 Å². The van der Waals surface area contributed by atoms with Gasteiger partial charge in [0.2, 0.25) is 0 Å². The largest absolute Gasteiger partial charge is 0.497 e. The lowest BCUT2D eigenvalue weighted by Crippen LogP contribution is -2.48. The number of benzene rings is 1. The molecule has 0 aliphatic rings. The molecule has 0 aliphatic carbocycles. The molecule has 0 spiro atoms. The standard InChI is InChI=1S/C15H25NO2/c1-6-15(7-2,16(3)4)14(17)12-9-8-10-13(11-12)18-5/h8-11,14,17H,6-7H2,1-5H3. The van der Waals surface area contributed by atoms with Crippen molar-refractivity contribution in [1.82, 2.24) is 4.90 Å². The van der Waals surface area contributed by atoms with Crippen LogP contribution in [-0.2, 0) is 0 Å². The van der Waals surface area contributed by atoms with Crippen LogP contribution in [0, 0.1) is 0 Å². The highest BCUT2D eigenvalue weighted by Crippen LogP contribution is 2.36. The SMILES string of the molecule is CCC(CC)(C(O)c1cccc(OC)c1)N(C)C. The first-order valence-corrected chi connectivity index (χ1v) is 6.51. The molecule has 1 aromatic carbocycles. The predicted molar refractivity (Wildman–Crippen MR) is 75.0 cm³/mol. The highest BCUT2D eigenvalue weighted by atomic mass is 16.5. The average Bonchev–Trinajstić information content (AvgIpc) is 2.40. The highest BCUT2D eigenvalue weighted by Gasteiger charge is 2.37. The van der Waals surface area contributed by atoms with Gasteiger partial charge in [-0.15, -0.1) is 0 Å². The highest BCUT2D eigenvalue weighted by molar-refractivity contribution is 5.31. The molecular weight excluding hydrogens is 226 g/mol. The molecule has 0 fully saturated rings. The Morgan fingerprint density at radius 3 is 2.33 bits per heavy atom. The zero-order chi connectivity index (χ0) is 13.8. The second-order valence-electron chi connectivity index (χ2n) is 4.88. The molecule has 0 heterocycles. The molecule has 1 N–H and O–H groups in total. The molecule has 0 amide bonds. The third-order valence-electron chi connectivity index (χ3n) is 4.03. The molecule has 0 aromatic heterocycles. The molecule has 1 aromatic rings. The van der Waals surface area contributed by atoms with E-state index in [0.717, 1.165) is 24.2 Å². The van der Waals surface area contributed by atoms with Crippen LogP contribution in [0.1, 0.15) is 38.4 Å². The number of likely N-dealkylation sites (N-methyl/N-ethyl adjacent to an activating group) is 1. The van der Waals surface area contributed by atoms with Crippen LogP contribution < -0.4 is 4.74 Å². The zero-order valence-electron chi connectivity index (χ0n) is 12.1. The first-order valence-electron chi connectivity index (χ1n) is 6.51. The topological polar surface area (TPSA) is 32.7 Å². The first-order chi connectivity index (χ1) is 8.51. The molecule has 1 rings (SSSR count). The summed E-state index contributed by atoms with van der Waals surface area (Å²) in [7, 11) is 5.69. The Kier molecular flexibility index (Phi) is 5.17. The summed E-state index contributed by atoms with van der Waals surface area (Å²) in [6, 6.07) is 7.68. The van der Waals surface area contributed by atoms with Crippen molar-refractivity contribution < 1.29 is 9.84 Å². The quantitative estimate of drug-likeness (QED) is 0.844. The second kappa shape index (κ2) is 6.21. The Hall–Kier alpha value is -1.06. The fraction of sp³-hybridized carbons (Fsp3) is 0.600. The molecular formula is C15H25NO2. The number of aliphatic hydroxyl groups excluding tert-OH is 1. The Bertz CT molecular complexity index is 373. The van der Waals surface area contributed by atoms with Crippen molar-refractivity contribution in [3.05, 3.63) is 29.8 Å². The molecule has 3 heteroatoms. The summed E-state index contributed by atoms with van der Waals surface area (Å²) >= 11 is 0. The van der Waals surface area contributed by atoms with Gasteiger partial charge < -0.3 is 14.7 Å². The number of hydrogen-bond acceptors (Lipinski definition) is 3. The Morgan fingerprint density at radius 2 is 1.89 bits per heavy atom. The van der Waals surface area contributed by atoms with Gasteiger partial charge in [0.05, 0.1) is 13.2 Å². The number of hydrogen-bond donors (Lipinski definition) is 1. The molecule has 102 valence electrons. The van der Waals surface area contributed by atoms with E-state index < -0.39 is 6.10 Å². The van der Waals surface area contributed by atoms with Crippen molar-refractivity contribution in [2.45, 2.75) is 38.3 Å². The molecule has 3 nitrogen and oxygen atoms in total. The van der Waals surface area contributed by atoms with Crippen LogP contribution in [0.4, 0.5) is 0 Å². The summed E-state index contributed by atoms with van der Waals surface area (Å²) in [5.41, 5.74) is 0.679. The summed E-state index contributed by atoms with van der Waals surface area (Å²) in [6.07, 6.45) is 1.28. The van der Waals surface area contributed by atoms with Crippen LogP contribution in [0.5, 0.6) is 5.75 Å². The van der Waals surface area contributed by atoms with Gasteiger partial charge in [-0.1, -0.05) is 26.0 Å². The molecule has 0 saturated carbocycles. The minimum Gasteiger partial charge on any atom is -0.497 e. The zero-order valence-corrected chi connectivity index (χ0v) is 12.1. The van der Waals surface area contributed by atoms with Crippen molar-refractivity contribution in [1.29, 1.82) is 0 Å². The van der Waals surface area contributed by atoms with Crippen LogP contribution in [0.3, 0.4) is 0 Å². The third-order valence-corrected chi connectivity index (χ3v) is 4.03. The van der Waals surface area contributed by atoms with Crippen molar-refractivity contribution in [3.8, 4) is 5.75 Å². The van der Waals surface area contributed by atoms with Crippen LogP contribution in [0.2, 0.25) is 0 Å². The Balaban J connectivity index is 3.12. The Labute approximate surface area is 110 Å². The molecule has 0 bridgehead atoms. The van der Waals surface area contributed by atoms with Gasteiger partial charge in [0.15, 0.2) is 0 Å². The smallest absolute Gasteiger partial charge is 0.119 e.